The zero-order valence-corrected chi connectivity index (χ0v) is 13.7. The molecule has 22 heavy (non-hydrogen) atoms. The van der Waals surface area contributed by atoms with Crippen molar-refractivity contribution in [3.63, 3.8) is 0 Å². The fourth-order valence-corrected chi connectivity index (χ4v) is 4.10. The quantitative estimate of drug-likeness (QED) is 0.790. The Kier molecular flexibility index (Phi) is 5.20. The van der Waals surface area contributed by atoms with Gasteiger partial charge >= 0.3 is 0 Å². The molecule has 5 nitrogen and oxygen atoms in total. The molecule has 0 fully saturated rings. The van der Waals surface area contributed by atoms with Gasteiger partial charge in [-0.2, -0.15) is 0 Å². The molecule has 0 saturated carbocycles. The van der Waals surface area contributed by atoms with Crippen molar-refractivity contribution in [3.8, 4) is 5.75 Å². The van der Waals surface area contributed by atoms with Gasteiger partial charge in [-0.1, -0.05) is 41.1 Å². The maximum Gasteiger partial charge on any atom is 0.218 e. The van der Waals surface area contributed by atoms with Crippen LogP contribution in [0.4, 0.5) is 11.4 Å². The number of nitrogens with one attached hydrogen (secondary N) is 1. The molecule has 3 rings (SSSR count). The smallest absolute Gasteiger partial charge is 0.218 e. The molecule has 1 aliphatic heterocycles. The van der Waals surface area contributed by atoms with Gasteiger partial charge in [-0.05, 0) is 31.3 Å². The summed E-state index contributed by atoms with van der Waals surface area (Å²) >= 11 is 0. The molecule has 7 heteroatoms. The van der Waals surface area contributed by atoms with Gasteiger partial charge in [-0.15, -0.1) is 12.4 Å². The number of halogens is 1. The van der Waals surface area contributed by atoms with E-state index >= 15 is 0 Å². The largest absolute Gasteiger partial charge is 0.465 e. The second-order valence-electron chi connectivity index (χ2n) is 4.76. The summed E-state index contributed by atoms with van der Waals surface area (Å²) in [4.78, 5) is 0. The normalized spacial score (nSPS) is 20.3. The summed E-state index contributed by atoms with van der Waals surface area (Å²) in [5.74, 6) is 0.646. The molecule has 0 bridgehead atoms. The molecule has 0 radical (unpaired) electrons. The standard InChI is InChI=1S/C15H18N2O3S.ClH/c1-16-11-15-20-14-10-6-5-9-13(14)17(21(15,18)19)12-7-3-2-4-8-12;/h2-10,15-16,18-19H,11H2,1H3;1H. The average Bonchev–Trinajstić information content (AvgIpc) is 2.49. The summed E-state index contributed by atoms with van der Waals surface area (Å²) in [5.41, 5.74) is 0.669. The van der Waals surface area contributed by atoms with Crippen molar-refractivity contribution in [2.24, 2.45) is 0 Å². The van der Waals surface area contributed by atoms with Gasteiger partial charge in [0.05, 0.1) is 12.2 Å². The molecule has 0 aromatic heterocycles. The van der Waals surface area contributed by atoms with Crippen molar-refractivity contribution in [1.82, 2.24) is 5.32 Å². The highest BCUT2D eigenvalue weighted by molar-refractivity contribution is 8.26. The molecule has 2 aromatic carbocycles. The Morgan fingerprint density at radius 2 is 1.73 bits per heavy atom. The van der Waals surface area contributed by atoms with Gasteiger partial charge in [-0.25, -0.2) is 4.31 Å². The fourth-order valence-electron chi connectivity index (χ4n) is 2.37. The van der Waals surface area contributed by atoms with E-state index in [0.717, 1.165) is 5.69 Å². The van der Waals surface area contributed by atoms with Gasteiger partial charge in [-0.3, -0.25) is 9.11 Å². The first kappa shape index (κ1) is 16.9. The van der Waals surface area contributed by atoms with E-state index in [-0.39, 0.29) is 12.4 Å². The topological polar surface area (TPSA) is 65.0 Å². The molecule has 0 aliphatic carbocycles. The molecule has 2 aromatic rings. The van der Waals surface area contributed by atoms with Crippen LogP contribution < -0.4 is 14.4 Å². The highest BCUT2D eigenvalue weighted by atomic mass is 35.5. The van der Waals surface area contributed by atoms with E-state index in [4.69, 9.17) is 4.74 Å². The number of rotatable bonds is 3. The van der Waals surface area contributed by atoms with Gasteiger partial charge in [0.25, 0.3) is 0 Å². The van der Waals surface area contributed by atoms with E-state index in [1.54, 1.807) is 11.4 Å². The molecule has 0 amide bonds. The van der Waals surface area contributed by atoms with Crippen LogP contribution in [0, 0.1) is 0 Å². The molecule has 1 unspecified atom stereocenters. The molecular formula is C15H19ClN2O3S. The third-order valence-electron chi connectivity index (χ3n) is 3.33. The monoisotopic (exact) mass is 342 g/mol. The Morgan fingerprint density at radius 1 is 1.09 bits per heavy atom. The number of ether oxygens (including phenoxy) is 1. The van der Waals surface area contributed by atoms with Crippen LogP contribution in [0.2, 0.25) is 0 Å². The summed E-state index contributed by atoms with van der Waals surface area (Å²) < 4.78 is 28.8. The first-order valence-electron chi connectivity index (χ1n) is 6.67. The predicted octanol–water partition coefficient (Wildman–Crippen LogP) is 3.85. The number of nitrogens with zero attached hydrogens (tertiary/aromatic N) is 1. The molecular weight excluding hydrogens is 324 g/mol. The lowest BCUT2D eigenvalue weighted by atomic mass is 10.2. The lowest BCUT2D eigenvalue weighted by molar-refractivity contribution is 0.247. The minimum Gasteiger partial charge on any atom is -0.465 e. The Balaban J connectivity index is 0.00000176. The molecule has 0 spiro atoms. The second-order valence-corrected chi connectivity index (χ2v) is 6.78. The molecule has 1 atom stereocenters. The van der Waals surface area contributed by atoms with E-state index in [0.29, 0.717) is 18.0 Å². The summed E-state index contributed by atoms with van der Waals surface area (Å²) in [7, 11) is -1.39. The Morgan fingerprint density at radius 3 is 2.41 bits per heavy atom. The molecule has 1 heterocycles. The van der Waals surface area contributed by atoms with Crippen molar-refractivity contribution >= 4 is 34.6 Å². The maximum absolute atomic E-state index is 10.7. The number of anilines is 2. The van der Waals surface area contributed by atoms with Crippen LogP contribution in [-0.2, 0) is 0 Å². The Bertz CT molecular complexity index is 627. The predicted molar refractivity (Wildman–Crippen MR) is 93.5 cm³/mol. The number of benzene rings is 2. The van der Waals surface area contributed by atoms with Crippen LogP contribution >= 0.6 is 23.2 Å². The third-order valence-corrected chi connectivity index (χ3v) is 5.24. The summed E-state index contributed by atoms with van der Waals surface area (Å²) in [5, 5.41) is 2.95. The number of hydrogen-bond acceptors (Lipinski definition) is 5. The Labute approximate surface area is 137 Å². The van der Waals surface area contributed by atoms with Crippen molar-refractivity contribution < 1.29 is 13.8 Å². The van der Waals surface area contributed by atoms with Crippen molar-refractivity contribution in [3.05, 3.63) is 54.6 Å². The minimum atomic E-state index is -3.14. The SMILES string of the molecule is CNCC1Oc2ccccc2N(c2ccccc2)S1(O)O.Cl. The highest BCUT2D eigenvalue weighted by Gasteiger charge is 2.40. The lowest BCUT2D eigenvalue weighted by Gasteiger charge is -2.51. The van der Waals surface area contributed by atoms with Gasteiger partial charge in [0.15, 0.2) is 0 Å². The van der Waals surface area contributed by atoms with Gasteiger partial charge in [0.2, 0.25) is 5.44 Å². The van der Waals surface area contributed by atoms with E-state index in [9.17, 15) is 9.11 Å². The maximum atomic E-state index is 10.7. The molecule has 3 N–H and O–H groups in total. The highest BCUT2D eigenvalue weighted by Crippen LogP contribution is 2.60. The molecule has 1 aliphatic rings. The van der Waals surface area contributed by atoms with Crippen molar-refractivity contribution in [2.75, 3.05) is 17.9 Å². The van der Waals surface area contributed by atoms with Crippen LogP contribution in [0.15, 0.2) is 54.6 Å². The second kappa shape index (κ2) is 6.76. The van der Waals surface area contributed by atoms with Crippen molar-refractivity contribution in [2.45, 2.75) is 5.44 Å². The van der Waals surface area contributed by atoms with E-state index in [1.165, 1.54) is 0 Å². The molecule has 0 saturated heterocycles. The zero-order chi connectivity index (χ0) is 14.9. The van der Waals surface area contributed by atoms with Crippen molar-refractivity contribution in [1.29, 1.82) is 0 Å². The van der Waals surface area contributed by atoms with Crippen LogP contribution in [0.5, 0.6) is 5.75 Å². The van der Waals surface area contributed by atoms with Gasteiger partial charge in [0.1, 0.15) is 11.4 Å². The summed E-state index contributed by atoms with van der Waals surface area (Å²) in [6, 6.07) is 16.7. The average molecular weight is 343 g/mol. The molecule has 120 valence electrons. The van der Waals surface area contributed by atoms with E-state index in [1.807, 2.05) is 54.6 Å². The summed E-state index contributed by atoms with van der Waals surface area (Å²) in [6.45, 7) is 0.347. The zero-order valence-electron chi connectivity index (χ0n) is 12.0. The first-order valence-corrected chi connectivity index (χ1v) is 8.24. The first-order chi connectivity index (χ1) is 10.1. The van der Waals surface area contributed by atoms with E-state index < -0.39 is 16.2 Å². The third kappa shape index (κ3) is 2.88. The minimum absolute atomic E-state index is 0. The fraction of sp³-hybridized carbons (Fsp3) is 0.200. The summed E-state index contributed by atoms with van der Waals surface area (Å²) in [6.07, 6.45) is 0. The van der Waals surface area contributed by atoms with E-state index in [2.05, 4.69) is 5.32 Å². The van der Waals surface area contributed by atoms with Crippen LogP contribution in [0.3, 0.4) is 0 Å². The van der Waals surface area contributed by atoms with Gasteiger partial charge in [0, 0.05) is 0 Å². The number of hydrogen-bond donors (Lipinski definition) is 3. The van der Waals surface area contributed by atoms with Crippen LogP contribution in [0.1, 0.15) is 0 Å². The lowest BCUT2D eigenvalue weighted by Crippen LogP contribution is -2.43. The Hall–Kier alpha value is -1.44. The van der Waals surface area contributed by atoms with Gasteiger partial charge < -0.3 is 10.1 Å². The number of fused-ring (bicyclic) bond motifs is 1. The number of likely N-dealkylation sites (N-methyl/N-ethyl adjacent to an activating group) is 1. The van der Waals surface area contributed by atoms with Crippen LogP contribution in [-0.4, -0.2) is 28.1 Å². The van der Waals surface area contributed by atoms with Crippen LogP contribution in [0.25, 0.3) is 0 Å². The number of para-hydroxylation sites is 3.